The summed E-state index contributed by atoms with van der Waals surface area (Å²) in [5, 5.41) is 17.6. The second kappa shape index (κ2) is 6.03. The normalized spacial score (nSPS) is 10.2. The molecule has 0 radical (unpaired) electrons. The molecule has 0 aliphatic rings. The highest BCUT2D eigenvalue weighted by molar-refractivity contribution is 5.88. The summed E-state index contributed by atoms with van der Waals surface area (Å²) in [7, 11) is 0. The molecule has 0 saturated carbocycles. The number of rotatable bonds is 5. The predicted molar refractivity (Wildman–Crippen MR) is 72.9 cm³/mol. The Balaban J connectivity index is 2.15. The lowest BCUT2D eigenvalue weighted by molar-refractivity contribution is 0.0696. The largest absolute Gasteiger partial charge is 0.478 e. The molecule has 0 amide bonds. The van der Waals surface area contributed by atoms with Crippen LogP contribution in [-0.4, -0.2) is 27.8 Å². The molecule has 1 heterocycles. The van der Waals surface area contributed by atoms with Gasteiger partial charge in [0.1, 0.15) is 5.75 Å². The molecule has 0 saturated heterocycles. The highest BCUT2D eigenvalue weighted by Crippen LogP contribution is 2.25. The number of carboxylic acids is 1. The Bertz CT molecular complexity index is 611. The van der Waals surface area contributed by atoms with Crippen molar-refractivity contribution in [1.82, 2.24) is 4.98 Å². The number of benzene rings is 1. The lowest BCUT2D eigenvalue weighted by atomic mass is 10.1. The van der Waals surface area contributed by atoms with Crippen LogP contribution in [0.25, 0.3) is 0 Å². The number of ether oxygens (including phenoxy) is 1. The average molecular weight is 274 g/mol. The lowest BCUT2D eigenvalue weighted by Gasteiger charge is -2.08. The fraction of sp³-hybridized carbons (Fsp3) is 0.143. The van der Waals surface area contributed by atoms with Gasteiger partial charge in [0.15, 0.2) is 0 Å². The summed E-state index contributed by atoms with van der Waals surface area (Å²) in [5.41, 5.74) is 6.85. The van der Waals surface area contributed by atoms with E-state index in [1.165, 1.54) is 12.3 Å². The van der Waals surface area contributed by atoms with Crippen molar-refractivity contribution in [3.05, 3.63) is 47.7 Å². The van der Waals surface area contributed by atoms with Crippen LogP contribution in [0.3, 0.4) is 0 Å². The summed E-state index contributed by atoms with van der Waals surface area (Å²) < 4.78 is 5.49. The van der Waals surface area contributed by atoms with Crippen LogP contribution in [0.1, 0.15) is 15.9 Å². The quantitative estimate of drug-likeness (QED) is 0.766. The van der Waals surface area contributed by atoms with E-state index >= 15 is 0 Å². The molecule has 4 N–H and O–H groups in total. The second-order valence-corrected chi connectivity index (χ2v) is 4.14. The van der Waals surface area contributed by atoms with Gasteiger partial charge in [-0.1, -0.05) is 12.1 Å². The number of carbonyl (C=O) groups is 1. The Morgan fingerprint density at radius 1 is 1.30 bits per heavy atom. The molecule has 1 aromatic carbocycles. The van der Waals surface area contributed by atoms with Gasteiger partial charge in [-0.15, -0.1) is 0 Å². The van der Waals surface area contributed by atoms with Crippen molar-refractivity contribution in [3.63, 3.8) is 0 Å². The van der Waals surface area contributed by atoms with Crippen LogP contribution in [0, 0.1) is 0 Å². The third-order valence-corrected chi connectivity index (χ3v) is 2.66. The Hall–Kier alpha value is -2.60. The van der Waals surface area contributed by atoms with Crippen molar-refractivity contribution in [1.29, 1.82) is 0 Å². The van der Waals surface area contributed by atoms with Gasteiger partial charge in [0.05, 0.1) is 11.3 Å². The maximum Gasteiger partial charge on any atom is 0.337 e. The first-order valence-electron chi connectivity index (χ1n) is 5.96. The van der Waals surface area contributed by atoms with E-state index in [4.69, 9.17) is 20.7 Å². The van der Waals surface area contributed by atoms with Gasteiger partial charge in [-0.2, -0.15) is 0 Å². The molecule has 1 aromatic heterocycles. The summed E-state index contributed by atoms with van der Waals surface area (Å²) in [6, 6.07) is 8.42. The molecule has 0 bridgehead atoms. The van der Waals surface area contributed by atoms with E-state index in [9.17, 15) is 4.79 Å². The number of hydrogen-bond acceptors (Lipinski definition) is 5. The summed E-state index contributed by atoms with van der Waals surface area (Å²) in [6.07, 6.45) is 1.77. The van der Waals surface area contributed by atoms with E-state index in [0.717, 1.165) is 5.56 Å². The number of nitrogens with zero attached hydrogens (tertiary/aromatic N) is 1. The number of carboxylic acid groups (broad SMARTS) is 1. The first-order chi connectivity index (χ1) is 9.60. The standard InChI is InChI=1S/C14H14N2O4/c15-12-7-10(14(18)19)8-16-13(12)20-11-3-1-9(2-4-11)5-6-17/h1-4,7-8,17H,5-6,15H2,(H,18,19). The Kier molecular flexibility index (Phi) is 4.17. The van der Waals surface area contributed by atoms with Gasteiger partial charge in [0, 0.05) is 12.8 Å². The van der Waals surface area contributed by atoms with E-state index in [1.807, 2.05) is 12.1 Å². The Morgan fingerprint density at radius 3 is 2.55 bits per heavy atom. The zero-order valence-corrected chi connectivity index (χ0v) is 10.6. The molecule has 0 unspecified atom stereocenters. The molecule has 0 fully saturated rings. The predicted octanol–water partition coefficient (Wildman–Crippen LogP) is 1.69. The fourth-order valence-electron chi connectivity index (χ4n) is 1.64. The molecule has 6 heteroatoms. The summed E-state index contributed by atoms with van der Waals surface area (Å²) in [5.74, 6) is -0.400. The van der Waals surface area contributed by atoms with Crippen LogP contribution in [0.15, 0.2) is 36.5 Å². The summed E-state index contributed by atoms with van der Waals surface area (Å²) >= 11 is 0. The number of anilines is 1. The zero-order chi connectivity index (χ0) is 14.5. The Morgan fingerprint density at radius 2 is 2.00 bits per heavy atom. The minimum absolute atomic E-state index is 0.00754. The number of aromatic nitrogens is 1. The van der Waals surface area contributed by atoms with Crippen molar-refractivity contribution in [2.45, 2.75) is 6.42 Å². The van der Waals surface area contributed by atoms with Crippen LogP contribution < -0.4 is 10.5 Å². The summed E-state index contributed by atoms with van der Waals surface area (Å²) in [4.78, 5) is 14.7. The lowest BCUT2D eigenvalue weighted by Crippen LogP contribution is -2.01. The first-order valence-corrected chi connectivity index (χ1v) is 5.96. The van der Waals surface area contributed by atoms with Gasteiger partial charge in [0.25, 0.3) is 0 Å². The minimum atomic E-state index is -1.09. The smallest absolute Gasteiger partial charge is 0.337 e. The van der Waals surface area contributed by atoms with Crippen molar-refractivity contribution in [2.75, 3.05) is 12.3 Å². The average Bonchev–Trinajstić information content (AvgIpc) is 2.43. The van der Waals surface area contributed by atoms with E-state index in [2.05, 4.69) is 4.98 Å². The van der Waals surface area contributed by atoms with Crippen LogP contribution in [0.5, 0.6) is 11.6 Å². The molecular formula is C14H14N2O4. The highest BCUT2D eigenvalue weighted by atomic mass is 16.5. The van der Waals surface area contributed by atoms with E-state index in [1.54, 1.807) is 12.1 Å². The molecule has 104 valence electrons. The van der Waals surface area contributed by atoms with Gasteiger partial charge >= 0.3 is 5.97 Å². The molecule has 20 heavy (non-hydrogen) atoms. The maximum absolute atomic E-state index is 10.8. The van der Waals surface area contributed by atoms with Crippen molar-refractivity contribution in [3.8, 4) is 11.6 Å². The van der Waals surface area contributed by atoms with E-state index in [-0.39, 0.29) is 23.7 Å². The fourth-order valence-corrected chi connectivity index (χ4v) is 1.64. The molecule has 6 nitrogen and oxygen atoms in total. The van der Waals surface area contributed by atoms with E-state index < -0.39 is 5.97 Å². The van der Waals surface area contributed by atoms with Gasteiger partial charge < -0.3 is 20.7 Å². The topological polar surface area (TPSA) is 106 Å². The van der Waals surface area contributed by atoms with Crippen LogP contribution in [-0.2, 0) is 6.42 Å². The SMILES string of the molecule is Nc1cc(C(=O)O)cnc1Oc1ccc(CCO)cc1. The van der Waals surface area contributed by atoms with Crippen LogP contribution in [0.4, 0.5) is 5.69 Å². The molecular weight excluding hydrogens is 260 g/mol. The van der Waals surface area contributed by atoms with Gasteiger partial charge in [0.2, 0.25) is 5.88 Å². The number of pyridine rings is 1. The molecule has 0 spiro atoms. The number of aromatic carboxylic acids is 1. The number of aliphatic hydroxyl groups is 1. The van der Waals surface area contributed by atoms with Crippen molar-refractivity contribution >= 4 is 11.7 Å². The van der Waals surface area contributed by atoms with Crippen molar-refractivity contribution in [2.24, 2.45) is 0 Å². The molecule has 0 aliphatic heterocycles. The minimum Gasteiger partial charge on any atom is -0.478 e. The molecule has 0 aliphatic carbocycles. The van der Waals surface area contributed by atoms with Crippen LogP contribution >= 0.6 is 0 Å². The van der Waals surface area contributed by atoms with Crippen molar-refractivity contribution < 1.29 is 19.7 Å². The maximum atomic E-state index is 10.8. The van der Waals surface area contributed by atoms with Gasteiger partial charge in [-0.05, 0) is 30.2 Å². The monoisotopic (exact) mass is 274 g/mol. The number of nitrogen functional groups attached to an aromatic ring is 1. The molecule has 0 atom stereocenters. The first kappa shape index (κ1) is 13.8. The zero-order valence-electron chi connectivity index (χ0n) is 10.6. The Labute approximate surface area is 115 Å². The third-order valence-electron chi connectivity index (χ3n) is 2.66. The van der Waals surface area contributed by atoms with E-state index in [0.29, 0.717) is 12.2 Å². The highest BCUT2D eigenvalue weighted by Gasteiger charge is 2.09. The van der Waals surface area contributed by atoms with Crippen LogP contribution in [0.2, 0.25) is 0 Å². The number of aliphatic hydroxyl groups excluding tert-OH is 1. The van der Waals surface area contributed by atoms with Gasteiger partial charge in [-0.3, -0.25) is 0 Å². The molecule has 2 aromatic rings. The summed E-state index contributed by atoms with van der Waals surface area (Å²) in [6.45, 7) is 0.0886. The third kappa shape index (κ3) is 3.24. The number of hydrogen-bond donors (Lipinski definition) is 3. The number of nitrogens with two attached hydrogens (primary N) is 1. The van der Waals surface area contributed by atoms with Gasteiger partial charge in [-0.25, -0.2) is 9.78 Å². The molecule has 2 rings (SSSR count). The second-order valence-electron chi connectivity index (χ2n) is 4.14.